The molecule has 2 heterocycles. The van der Waals surface area contributed by atoms with Crippen molar-refractivity contribution in [2.75, 3.05) is 6.54 Å². The first-order valence-electron chi connectivity index (χ1n) is 7.25. The Kier molecular flexibility index (Phi) is 4.47. The Hall–Kier alpha value is -2.48. The summed E-state index contributed by atoms with van der Waals surface area (Å²) in [6, 6.07) is 7.06. The molecular formula is C14H12ClN5O4S. The quantitative estimate of drug-likeness (QED) is 0.591. The summed E-state index contributed by atoms with van der Waals surface area (Å²) in [7, 11) is -4.11. The van der Waals surface area contributed by atoms with Crippen LogP contribution in [0.2, 0.25) is 5.02 Å². The number of aromatic nitrogens is 2. The van der Waals surface area contributed by atoms with Crippen molar-refractivity contribution in [2.24, 2.45) is 0 Å². The summed E-state index contributed by atoms with van der Waals surface area (Å²) >= 11 is 6.12. The van der Waals surface area contributed by atoms with Gasteiger partial charge in [0, 0.05) is 19.2 Å². The van der Waals surface area contributed by atoms with Crippen molar-refractivity contribution in [3.8, 4) is 6.07 Å². The van der Waals surface area contributed by atoms with Crippen molar-refractivity contribution in [3.63, 3.8) is 0 Å². The summed E-state index contributed by atoms with van der Waals surface area (Å²) in [6.07, 6.45) is 0.440. The number of benzene rings is 1. The Labute approximate surface area is 148 Å². The predicted molar refractivity (Wildman–Crippen MR) is 87.3 cm³/mol. The largest absolute Gasteiger partial charge is 0.289 e. The number of rotatable bonds is 3. The molecule has 1 aromatic carbocycles. The molecule has 0 unspecified atom stereocenters. The molecule has 1 aromatic heterocycles. The van der Waals surface area contributed by atoms with Crippen LogP contribution in [-0.2, 0) is 23.1 Å². The molecule has 11 heteroatoms. The fourth-order valence-corrected chi connectivity index (χ4v) is 4.53. The molecule has 9 nitrogen and oxygen atoms in total. The molecule has 130 valence electrons. The van der Waals surface area contributed by atoms with Gasteiger partial charge in [0.1, 0.15) is 11.1 Å². The minimum absolute atomic E-state index is 0.0293. The number of nitriles is 1. The Bertz CT molecular complexity index is 995. The van der Waals surface area contributed by atoms with Gasteiger partial charge in [-0.3, -0.25) is 14.8 Å². The molecule has 0 radical (unpaired) electrons. The van der Waals surface area contributed by atoms with Gasteiger partial charge in [0.2, 0.25) is 10.0 Å². The second kappa shape index (κ2) is 6.44. The second-order valence-electron chi connectivity index (χ2n) is 5.36. The minimum atomic E-state index is -4.11. The van der Waals surface area contributed by atoms with E-state index in [1.54, 1.807) is 0 Å². The molecule has 0 atom stereocenters. The molecule has 0 bridgehead atoms. The summed E-state index contributed by atoms with van der Waals surface area (Å²) in [5.41, 5.74) is -0.0523. The lowest BCUT2D eigenvalue weighted by atomic mass is 10.3. The van der Waals surface area contributed by atoms with Crippen LogP contribution in [0, 0.1) is 21.4 Å². The predicted octanol–water partition coefficient (Wildman–Crippen LogP) is 1.91. The first-order valence-corrected chi connectivity index (χ1v) is 9.07. The SMILES string of the molecule is N#Cc1nn2c(c1Cl)CN(S(=O)(=O)c1ccccc1[N+](=O)[O-])CCC2. The third-order valence-corrected chi connectivity index (χ3v) is 6.17. The lowest BCUT2D eigenvalue weighted by Crippen LogP contribution is -2.31. The second-order valence-corrected chi connectivity index (χ2v) is 7.65. The number of nitro benzene ring substituents is 1. The summed E-state index contributed by atoms with van der Waals surface area (Å²) in [5, 5.41) is 24.3. The topological polar surface area (TPSA) is 122 Å². The third-order valence-electron chi connectivity index (χ3n) is 3.88. The van der Waals surface area contributed by atoms with Gasteiger partial charge in [-0.1, -0.05) is 23.7 Å². The minimum Gasteiger partial charge on any atom is -0.265 e. The molecule has 2 aromatic rings. The molecule has 1 aliphatic heterocycles. The van der Waals surface area contributed by atoms with Crippen molar-refractivity contribution in [1.29, 1.82) is 5.26 Å². The van der Waals surface area contributed by atoms with Gasteiger partial charge < -0.3 is 0 Å². The van der Waals surface area contributed by atoms with E-state index in [2.05, 4.69) is 5.10 Å². The number of hydrogen-bond donors (Lipinski definition) is 0. The van der Waals surface area contributed by atoms with Crippen LogP contribution in [0.25, 0.3) is 0 Å². The fourth-order valence-electron chi connectivity index (χ4n) is 2.70. The van der Waals surface area contributed by atoms with Gasteiger partial charge in [0.25, 0.3) is 5.69 Å². The summed E-state index contributed by atoms with van der Waals surface area (Å²) < 4.78 is 28.5. The smallest absolute Gasteiger partial charge is 0.265 e. The van der Waals surface area contributed by atoms with Gasteiger partial charge in [-0.25, -0.2) is 8.42 Å². The highest BCUT2D eigenvalue weighted by Crippen LogP contribution is 2.30. The van der Waals surface area contributed by atoms with Crippen molar-refractivity contribution in [3.05, 3.63) is 50.8 Å². The van der Waals surface area contributed by atoms with Crippen LogP contribution < -0.4 is 0 Å². The Morgan fingerprint density at radius 2 is 2.04 bits per heavy atom. The average Bonchev–Trinajstić information content (AvgIpc) is 2.76. The Morgan fingerprint density at radius 1 is 1.32 bits per heavy atom. The summed E-state index contributed by atoms with van der Waals surface area (Å²) in [5.74, 6) is 0. The summed E-state index contributed by atoms with van der Waals surface area (Å²) in [6.45, 7) is 0.456. The number of fused-ring (bicyclic) bond motifs is 1. The molecule has 0 amide bonds. The van der Waals surface area contributed by atoms with Crippen molar-refractivity contribution in [2.45, 2.75) is 24.4 Å². The average molecular weight is 382 g/mol. The standard InChI is InChI=1S/C14H12ClN5O4S/c15-14-10(8-16)17-19-7-3-6-18(9-12(14)19)25(23,24)13-5-2-1-4-11(13)20(21)22/h1-2,4-5H,3,6-7,9H2. The first kappa shape index (κ1) is 17.3. The molecule has 25 heavy (non-hydrogen) atoms. The molecular weight excluding hydrogens is 370 g/mol. The van der Waals surface area contributed by atoms with Gasteiger partial charge in [-0.05, 0) is 12.5 Å². The highest BCUT2D eigenvalue weighted by Gasteiger charge is 2.34. The van der Waals surface area contributed by atoms with Crippen LogP contribution in [0.3, 0.4) is 0 Å². The zero-order valence-electron chi connectivity index (χ0n) is 12.8. The highest BCUT2D eigenvalue weighted by atomic mass is 35.5. The van der Waals surface area contributed by atoms with Crippen LogP contribution in [0.15, 0.2) is 29.2 Å². The number of nitro groups is 1. The molecule has 0 N–H and O–H groups in total. The van der Waals surface area contributed by atoms with E-state index < -0.39 is 20.6 Å². The molecule has 0 saturated heterocycles. The van der Waals surface area contributed by atoms with Gasteiger partial charge in [0.05, 0.1) is 17.2 Å². The van der Waals surface area contributed by atoms with Gasteiger partial charge in [-0.2, -0.15) is 14.7 Å². The molecule has 0 spiro atoms. The zero-order chi connectivity index (χ0) is 18.2. The monoisotopic (exact) mass is 381 g/mol. The van der Waals surface area contributed by atoms with E-state index in [9.17, 15) is 18.5 Å². The molecule has 0 saturated carbocycles. The van der Waals surface area contributed by atoms with E-state index in [4.69, 9.17) is 16.9 Å². The van der Waals surface area contributed by atoms with E-state index in [0.717, 1.165) is 10.4 Å². The molecule has 0 fully saturated rings. The third kappa shape index (κ3) is 2.97. The van der Waals surface area contributed by atoms with E-state index in [-0.39, 0.29) is 28.7 Å². The number of para-hydroxylation sites is 1. The number of halogens is 1. The van der Waals surface area contributed by atoms with E-state index in [0.29, 0.717) is 18.7 Å². The van der Waals surface area contributed by atoms with Gasteiger partial charge >= 0.3 is 0 Å². The molecule has 0 aliphatic carbocycles. The normalized spacial score (nSPS) is 15.2. The Balaban J connectivity index is 2.05. The van der Waals surface area contributed by atoms with E-state index in [1.807, 2.05) is 6.07 Å². The van der Waals surface area contributed by atoms with Crippen LogP contribution in [0.4, 0.5) is 5.69 Å². The van der Waals surface area contributed by atoms with Gasteiger partial charge in [0.15, 0.2) is 10.6 Å². The van der Waals surface area contributed by atoms with Crippen molar-refractivity contribution in [1.82, 2.24) is 14.1 Å². The van der Waals surface area contributed by atoms with E-state index >= 15 is 0 Å². The number of sulfonamides is 1. The zero-order valence-corrected chi connectivity index (χ0v) is 14.4. The summed E-state index contributed by atoms with van der Waals surface area (Å²) in [4.78, 5) is 10.1. The van der Waals surface area contributed by atoms with Crippen molar-refractivity contribution < 1.29 is 13.3 Å². The van der Waals surface area contributed by atoms with E-state index in [1.165, 1.54) is 22.9 Å². The van der Waals surface area contributed by atoms with Crippen molar-refractivity contribution >= 4 is 27.3 Å². The maximum atomic E-state index is 12.9. The first-order chi connectivity index (χ1) is 11.9. The lowest BCUT2D eigenvalue weighted by molar-refractivity contribution is -0.387. The fraction of sp³-hybridized carbons (Fsp3) is 0.286. The van der Waals surface area contributed by atoms with Crippen LogP contribution in [-0.4, -0.2) is 34.0 Å². The molecule has 3 rings (SSSR count). The van der Waals surface area contributed by atoms with Crippen LogP contribution in [0.1, 0.15) is 17.8 Å². The number of nitrogens with zero attached hydrogens (tertiary/aromatic N) is 5. The maximum absolute atomic E-state index is 12.9. The maximum Gasteiger partial charge on any atom is 0.289 e. The number of aryl methyl sites for hydroxylation is 1. The number of hydrogen-bond acceptors (Lipinski definition) is 6. The van der Waals surface area contributed by atoms with Gasteiger partial charge in [-0.15, -0.1) is 0 Å². The molecule has 1 aliphatic rings. The highest BCUT2D eigenvalue weighted by molar-refractivity contribution is 7.89. The van der Waals surface area contributed by atoms with Crippen LogP contribution in [0.5, 0.6) is 0 Å². The van der Waals surface area contributed by atoms with Crippen LogP contribution >= 0.6 is 11.6 Å². The lowest BCUT2D eigenvalue weighted by Gasteiger charge is -2.19. The Morgan fingerprint density at radius 3 is 2.72 bits per heavy atom.